The predicted octanol–water partition coefficient (Wildman–Crippen LogP) is 2.89. The molecular weight excluding hydrogens is 223 g/mol. The minimum atomic E-state index is -0.498. The van der Waals surface area contributed by atoms with Crippen LogP contribution in [0.3, 0.4) is 0 Å². The molecule has 1 N–H and O–H groups in total. The van der Waals surface area contributed by atoms with Gasteiger partial charge in [-0.1, -0.05) is 13.3 Å². The van der Waals surface area contributed by atoms with Gasteiger partial charge >= 0.3 is 5.97 Å². The quantitative estimate of drug-likeness (QED) is 0.487. The van der Waals surface area contributed by atoms with Crippen molar-refractivity contribution < 1.29 is 19.0 Å². The topological polar surface area (TPSA) is 46.5 Å². The van der Waals surface area contributed by atoms with Gasteiger partial charge in [0.2, 0.25) is 0 Å². The fourth-order valence-corrected chi connectivity index (χ4v) is 1.18. The van der Waals surface area contributed by atoms with E-state index < -0.39 is 11.8 Å². The number of hydrogen-bond acceptors (Lipinski definition) is 3. The maximum absolute atomic E-state index is 12.9. The first-order valence-electron chi connectivity index (χ1n) is 5.47. The summed E-state index contributed by atoms with van der Waals surface area (Å²) in [6.45, 7) is 2.36. The van der Waals surface area contributed by atoms with Crippen molar-refractivity contribution in [3.63, 3.8) is 0 Å². The first-order valence-corrected chi connectivity index (χ1v) is 5.47. The van der Waals surface area contributed by atoms with Gasteiger partial charge in [0.05, 0.1) is 6.61 Å². The Balaban J connectivity index is 2.57. The summed E-state index contributed by atoms with van der Waals surface area (Å²) < 4.78 is 17.7. The van der Waals surface area contributed by atoms with Gasteiger partial charge in [0.15, 0.2) is 0 Å². The number of halogens is 1. The molecule has 0 atom stereocenters. The second-order valence-corrected chi connectivity index (χ2v) is 3.56. The smallest absolute Gasteiger partial charge is 0.330 e. The van der Waals surface area contributed by atoms with Crippen LogP contribution in [0.2, 0.25) is 0 Å². The molecule has 92 valence electrons. The zero-order chi connectivity index (χ0) is 12.7. The SMILES string of the molecule is CCCCOC(=O)/C=C/c1cc(F)ccc1O. The van der Waals surface area contributed by atoms with Crippen LogP contribution in [0.4, 0.5) is 4.39 Å². The normalized spacial score (nSPS) is 10.7. The summed E-state index contributed by atoms with van der Waals surface area (Å²) in [5, 5.41) is 9.39. The standard InChI is InChI=1S/C13H15FO3/c1-2-3-8-17-13(16)7-4-10-9-11(14)5-6-12(10)15/h4-7,9,15H,2-3,8H2,1H3/b7-4+. The van der Waals surface area contributed by atoms with Crippen molar-refractivity contribution >= 4 is 12.0 Å². The Morgan fingerprint density at radius 1 is 1.53 bits per heavy atom. The minimum Gasteiger partial charge on any atom is -0.507 e. The summed E-state index contributed by atoms with van der Waals surface area (Å²) in [5.74, 6) is -1.05. The van der Waals surface area contributed by atoms with Crippen LogP contribution >= 0.6 is 0 Å². The minimum absolute atomic E-state index is 0.0796. The first kappa shape index (κ1) is 13.2. The van der Waals surface area contributed by atoms with Crippen LogP contribution in [0.15, 0.2) is 24.3 Å². The number of esters is 1. The lowest BCUT2D eigenvalue weighted by Crippen LogP contribution is -2.01. The molecule has 0 aromatic heterocycles. The van der Waals surface area contributed by atoms with Crippen molar-refractivity contribution in [2.45, 2.75) is 19.8 Å². The summed E-state index contributed by atoms with van der Waals surface area (Å²) in [7, 11) is 0. The zero-order valence-corrected chi connectivity index (χ0v) is 9.65. The van der Waals surface area contributed by atoms with Gasteiger partial charge in [0, 0.05) is 11.6 Å². The molecule has 0 spiro atoms. The van der Waals surface area contributed by atoms with Crippen molar-refractivity contribution in [2.75, 3.05) is 6.61 Å². The van der Waals surface area contributed by atoms with Crippen LogP contribution in [-0.2, 0) is 9.53 Å². The molecule has 0 aliphatic rings. The monoisotopic (exact) mass is 238 g/mol. The van der Waals surface area contributed by atoms with Crippen LogP contribution in [0.1, 0.15) is 25.3 Å². The molecule has 0 aliphatic heterocycles. The van der Waals surface area contributed by atoms with E-state index in [1.807, 2.05) is 6.92 Å². The predicted molar refractivity (Wildman–Crippen MR) is 63.0 cm³/mol. The summed E-state index contributed by atoms with van der Waals surface area (Å²) in [4.78, 5) is 11.2. The lowest BCUT2D eigenvalue weighted by atomic mass is 10.2. The maximum atomic E-state index is 12.9. The average Bonchev–Trinajstić information content (AvgIpc) is 2.31. The molecule has 0 saturated carbocycles. The number of rotatable bonds is 5. The van der Waals surface area contributed by atoms with Gasteiger partial charge in [-0.2, -0.15) is 0 Å². The molecular formula is C13H15FO3. The molecule has 1 rings (SSSR count). The highest BCUT2D eigenvalue weighted by Crippen LogP contribution is 2.19. The van der Waals surface area contributed by atoms with Crippen molar-refractivity contribution in [3.05, 3.63) is 35.7 Å². The first-order chi connectivity index (χ1) is 8.13. The molecule has 17 heavy (non-hydrogen) atoms. The van der Waals surface area contributed by atoms with Crippen LogP contribution in [-0.4, -0.2) is 17.7 Å². The number of aromatic hydroxyl groups is 1. The van der Waals surface area contributed by atoms with Crippen LogP contribution < -0.4 is 0 Å². The van der Waals surface area contributed by atoms with Gasteiger partial charge < -0.3 is 9.84 Å². The highest BCUT2D eigenvalue weighted by molar-refractivity contribution is 5.87. The lowest BCUT2D eigenvalue weighted by Gasteiger charge is -2.00. The van der Waals surface area contributed by atoms with E-state index in [4.69, 9.17) is 4.74 Å². The number of carbonyl (C=O) groups is 1. The summed E-state index contributed by atoms with van der Waals surface area (Å²) in [5.41, 5.74) is 0.248. The van der Waals surface area contributed by atoms with Crippen molar-refractivity contribution in [1.29, 1.82) is 0 Å². The summed E-state index contributed by atoms with van der Waals surface area (Å²) in [6, 6.07) is 3.52. The molecule has 0 amide bonds. The molecule has 4 heteroatoms. The molecule has 0 radical (unpaired) electrons. The fourth-order valence-electron chi connectivity index (χ4n) is 1.18. The van der Waals surface area contributed by atoms with E-state index >= 15 is 0 Å². The Morgan fingerprint density at radius 3 is 3.00 bits per heavy atom. The number of phenols is 1. The van der Waals surface area contributed by atoms with Crippen LogP contribution in [0, 0.1) is 5.82 Å². The van der Waals surface area contributed by atoms with Crippen molar-refractivity contribution in [3.8, 4) is 5.75 Å². The number of benzene rings is 1. The second kappa shape index (κ2) is 6.68. The molecule has 0 saturated heterocycles. The van der Waals surface area contributed by atoms with E-state index in [-0.39, 0.29) is 11.3 Å². The number of carbonyl (C=O) groups excluding carboxylic acids is 1. The Morgan fingerprint density at radius 2 is 2.29 bits per heavy atom. The number of ether oxygens (including phenoxy) is 1. The molecule has 0 unspecified atom stereocenters. The lowest BCUT2D eigenvalue weighted by molar-refractivity contribution is -0.137. The highest BCUT2D eigenvalue weighted by Gasteiger charge is 2.01. The molecule has 0 heterocycles. The number of phenolic OH excluding ortho intramolecular Hbond substituents is 1. The Labute approximate surface area is 99.5 Å². The largest absolute Gasteiger partial charge is 0.507 e. The molecule has 1 aromatic rings. The van der Waals surface area contributed by atoms with E-state index in [0.717, 1.165) is 25.0 Å². The molecule has 3 nitrogen and oxygen atoms in total. The van der Waals surface area contributed by atoms with Gasteiger partial charge in [-0.25, -0.2) is 9.18 Å². The van der Waals surface area contributed by atoms with Crippen molar-refractivity contribution in [2.24, 2.45) is 0 Å². The summed E-state index contributed by atoms with van der Waals surface area (Å²) >= 11 is 0. The van der Waals surface area contributed by atoms with Crippen LogP contribution in [0.5, 0.6) is 5.75 Å². The van der Waals surface area contributed by atoms with Gasteiger partial charge in [0.25, 0.3) is 0 Å². The van der Waals surface area contributed by atoms with E-state index in [2.05, 4.69) is 0 Å². The van der Waals surface area contributed by atoms with Gasteiger partial charge in [0.1, 0.15) is 11.6 Å². The summed E-state index contributed by atoms with van der Waals surface area (Å²) in [6.07, 6.45) is 4.25. The molecule has 1 aromatic carbocycles. The van der Waals surface area contributed by atoms with Gasteiger partial charge in [-0.15, -0.1) is 0 Å². The van der Waals surface area contributed by atoms with Crippen LogP contribution in [0.25, 0.3) is 6.08 Å². The third kappa shape index (κ3) is 4.68. The van der Waals surface area contributed by atoms with E-state index in [1.54, 1.807) is 0 Å². The molecule has 0 bridgehead atoms. The second-order valence-electron chi connectivity index (χ2n) is 3.56. The fraction of sp³-hybridized carbons (Fsp3) is 0.308. The van der Waals surface area contributed by atoms with E-state index in [0.29, 0.717) is 6.61 Å². The molecule has 0 fully saturated rings. The zero-order valence-electron chi connectivity index (χ0n) is 9.65. The van der Waals surface area contributed by atoms with E-state index in [9.17, 15) is 14.3 Å². The number of unbranched alkanes of at least 4 members (excludes halogenated alkanes) is 1. The third-order valence-corrected chi connectivity index (χ3v) is 2.13. The Kier molecular flexibility index (Phi) is 5.20. The third-order valence-electron chi connectivity index (χ3n) is 2.13. The Bertz CT molecular complexity index is 413. The van der Waals surface area contributed by atoms with E-state index in [1.165, 1.54) is 18.2 Å². The van der Waals surface area contributed by atoms with Gasteiger partial charge in [-0.3, -0.25) is 0 Å². The Hall–Kier alpha value is -1.84. The number of hydrogen-bond donors (Lipinski definition) is 1. The van der Waals surface area contributed by atoms with Gasteiger partial charge in [-0.05, 0) is 30.7 Å². The highest BCUT2D eigenvalue weighted by atomic mass is 19.1. The average molecular weight is 238 g/mol. The molecule has 0 aliphatic carbocycles. The van der Waals surface area contributed by atoms with Crippen molar-refractivity contribution in [1.82, 2.24) is 0 Å². The maximum Gasteiger partial charge on any atom is 0.330 e.